The summed E-state index contributed by atoms with van der Waals surface area (Å²) in [6.07, 6.45) is 1.90. The minimum absolute atomic E-state index is 0.322. The summed E-state index contributed by atoms with van der Waals surface area (Å²) in [6.45, 7) is 11.4. The molecule has 1 N–H and O–H groups in total. The topological polar surface area (TPSA) is 40.5 Å². The van der Waals surface area contributed by atoms with E-state index in [4.69, 9.17) is 0 Å². The van der Waals surface area contributed by atoms with Crippen molar-refractivity contribution in [2.75, 3.05) is 0 Å². The molecule has 1 atom stereocenters. The first-order chi connectivity index (χ1) is 8.79. The number of amides is 1. The Kier molecular flexibility index (Phi) is 4.90. The Bertz CT molecular complexity index is 494. The van der Waals surface area contributed by atoms with Crippen LogP contribution in [0.15, 0.2) is 23.8 Å². The lowest BCUT2D eigenvalue weighted by Gasteiger charge is -2.25. The summed E-state index contributed by atoms with van der Waals surface area (Å²) in [6, 6.07) is 3.60. The van der Waals surface area contributed by atoms with Crippen molar-refractivity contribution >= 4 is 5.91 Å². The molecule has 1 rings (SSSR count). The highest BCUT2D eigenvalue weighted by Crippen LogP contribution is 2.20. The van der Waals surface area contributed by atoms with Crippen molar-refractivity contribution in [2.24, 2.45) is 0 Å². The molecule has 104 valence electrons. The summed E-state index contributed by atoms with van der Waals surface area (Å²) >= 11 is 0. The molecule has 0 fully saturated rings. The van der Waals surface area contributed by atoms with Gasteiger partial charge in [0.1, 0.15) is 0 Å². The van der Waals surface area contributed by atoms with Gasteiger partial charge in [0.05, 0.1) is 6.04 Å². The van der Waals surface area contributed by atoms with Crippen molar-refractivity contribution in [3.8, 4) is 0 Å². The summed E-state index contributed by atoms with van der Waals surface area (Å²) in [4.78, 5) is 12.4. The van der Waals surface area contributed by atoms with Crippen LogP contribution in [0, 0.1) is 20.8 Å². The molecule has 0 aromatic heterocycles. The van der Waals surface area contributed by atoms with E-state index < -0.39 is 0 Å². The number of carbonyl (C=O) groups is 1. The molecular formula is C16H23NO2. The normalized spacial score (nSPS) is 13.3. The van der Waals surface area contributed by atoms with Crippen molar-refractivity contribution in [2.45, 2.75) is 47.6 Å². The quantitative estimate of drug-likeness (QED) is 0.511. The second kappa shape index (κ2) is 6.02. The molecule has 0 bridgehead atoms. The van der Waals surface area contributed by atoms with Gasteiger partial charge in [-0.1, -0.05) is 29.3 Å². The highest BCUT2D eigenvalue weighted by molar-refractivity contribution is 5.96. The lowest BCUT2D eigenvalue weighted by atomic mass is 9.98. The molecule has 1 aromatic carbocycles. The second-order valence-electron chi connectivity index (χ2n) is 5.13. The lowest BCUT2D eigenvalue weighted by molar-refractivity contribution is -0.0752. The minimum Gasteiger partial charge on any atom is -0.285 e. The van der Waals surface area contributed by atoms with Crippen LogP contribution in [0.1, 0.15) is 47.8 Å². The van der Waals surface area contributed by atoms with Crippen LogP contribution >= 0.6 is 0 Å². The molecule has 3 nitrogen and oxygen atoms in total. The number of benzene rings is 1. The summed E-state index contributed by atoms with van der Waals surface area (Å²) in [7, 11) is 0. The van der Waals surface area contributed by atoms with Crippen LogP contribution < -0.4 is 0 Å². The van der Waals surface area contributed by atoms with Crippen molar-refractivity contribution in [1.29, 1.82) is 0 Å². The van der Waals surface area contributed by atoms with E-state index in [1.165, 1.54) is 0 Å². The van der Waals surface area contributed by atoms with Crippen molar-refractivity contribution in [3.05, 3.63) is 46.0 Å². The largest absolute Gasteiger partial charge is 0.285 e. The lowest BCUT2D eigenvalue weighted by Crippen LogP contribution is -2.37. The van der Waals surface area contributed by atoms with Gasteiger partial charge in [0, 0.05) is 5.56 Å². The van der Waals surface area contributed by atoms with Gasteiger partial charge in [0.15, 0.2) is 0 Å². The number of hydroxylamine groups is 2. The first-order valence-electron chi connectivity index (χ1n) is 6.52. The van der Waals surface area contributed by atoms with Gasteiger partial charge < -0.3 is 0 Å². The van der Waals surface area contributed by atoms with Gasteiger partial charge in [-0.05, 0) is 52.7 Å². The predicted molar refractivity (Wildman–Crippen MR) is 77.5 cm³/mol. The van der Waals surface area contributed by atoms with E-state index in [0.717, 1.165) is 27.3 Å². The molecule has 0 aliphatic carbocycles. The molecule has 1 amide bonds. The van der Waals surface area contributed by atoms with E-state index in [1.807, 2.05) is 59.8 Å². The second-order valence-corrected chi connectivity index (χ2v) is 5.13. The van der Waals surface area contributed by atoms with Crippen molar-refractivity contribution < 1.29 is 10.0 Å². The molecule has 0 radical (unpaired) electrons. The fraction of sp³-hybridized carbons (Fsp3) is 0.438. The third-order valence-corrected chi connectivity index (χ3v) is 3.58. The van der Waals surface area contributed by atoms with Gasteiger partial charge in [-0.15, -0.1) is 0 Å². The van der Waals surface area contributed by atoms with E-state index in [-0.39, 0.29) is 11.9 Å². The first kappa shape index (κ1) is 15.4. The number of hydrogen-bond acceptors (Lipinski definition) is 2. The van der Waals surface area contributed by atoms with E-state index in [9.17, 15) is 10.0 Å². The predicted octanol–water partition coefficient (Wildman–Crippen LogP) is 3.80. The zero-order valence-electron chi connectivity index (χ0n) is 12.6. The van der Waals surface area contributed by atoms with Crippen LogP contribution in [-0.2, 0) is 0 Å². The van der Waals surface area contributed by atoms with Crippen LogP contribution in [0.5, 0.6) is 0 Å². The van der Waals surface area contributed by atoms with Gasteiger partial charge in [-0.25, -0.2) is 5.06 Å². The van der Waals surface area contributed by atoms with E-state index in [0.29, 0.717) is 5.56 Å². The fourth-order valence-electron chi connectivity index (χ4n) is 2.24. The van der Waals surface area contributed by atoms with Gasteiger partial charge in [-0.3, -0.25) is 10.0 Å². The molecule has 0 saturated carbocycles. The molecule has 0 aliphatic heterocycles. The fourth-order valence-corrected chi connectivity index (χ4v) is 2.24. The Labute approximate surface area is 115 Å². The molecule has 1 unspecified atom stereocenters. The zero-order valence-corrected chi connectivity index (χ0v) is 12.6. The SMILES string of the molecule is C/C=C(\C)C(C)N(O)C(=O)c1c(C)cc(C)cc1C. The molecule has 0 saturated heterocycles. The number of hydrogen-bond donors (Lipinski definition) is 1. The van der Waals surface area contributed by atoms with Crippen LogP contribution in [0.3, 0.4) is 0 Å². The number of aryl methyl sites for hydroxylation is 3. The van der Waals surface area contributed by atoms with Gasteiger partial charge >= 0.3 is 0 Å². The number of carbonyl (C=O) groups excluding carboxylic acids is 1. The molecule has 0 heterocycles. The van der Waals surface area contributed by atoms with E-state index >= 15 is 0 Å². The maximum Gasteiger partial charge on any atom is 0.278 e. The van der Waals surface area contributed by atoms with Crippen molar-refractivity contribution in [1.82, 2.24) is 5.06 Å². The Morgan fingerprint density at radius 3 is 2.16 bits per heavy atom. The highest BCUT2D eigenvalue weighted by atomic mass is 16.5. The average Bonchev–Trinajstić information content (AvgIpc) is 2.34. The van der Waals surface area contributed by atoms with E-state index in [1.54, 1.807) is 0 Å². The van der Waals surface area contributed by atoms with E-state index in [2.05, 4.69) is 0 Å². The standard InChI is InChI=1S/C16H23NO2/c1-7-11(3)14(6)17(19)16(18)15-12(4)8-10(2)9-13(15)5/h7-9,14,19H,1-6H3/b11-7+. The third-order valence-electron chi connectivity index (χ3n) is 3.58. The van der Waals surface area contributed by atoms with Gasteiger partial charge in [0.2, 0.25) is 0 Å². The molecule has 1 aromatic rings. The Morgan fingerprint density at radius 2 is 1.74 bits per heavy atom. The van der Waals surface area contributed by atoms with Crippen LogP contribution in [0.2, 0.25) is 0 Å². The summed E-state index contributed by atoms with van der Waals surface area (Å²) in [5.74, 6) is -0.344. The average molecular weight is 261 g/mol. The van der Waals surface area contributed by atoms with Crippen LogP contribution in [0.25, 0.3) is 0 Å². The maximum absolute atomic E-state index is 12.4. The Balaban J connectivity index is 3.14. The summed E-state index contributed by atoms with van der Waals surface area (Å²) in [5.41, 5.74) is 4.45. The zero-order chi connectivity index (χ0) is 14.7. The summed E-state index contributed by atoms with van der Waals surface area (Å²) < 4.78 is 0. The Hall–Kier alpha value is -1.61. The monoisotopic (exact) mass is 261 g/mol. The molecule has 0 spiro atoms. The summed E-state index contributed by atoms with van der Waals surface area (Å²) in [5, 5.41) is 10.9. The van der Waals surface area contributed by atoms with Gasteiger partial charge in [0.25, 0.3) is 5.91 Å². The molecule has 0 aliphatic rings. The highest BCUT2D eigenvalue weighted by Gasteiger charge is 2.23. The van der Waals surface area contributed by atoms with Crippen LogP contribution in [-0.4, -0.2) is 22.2 Å². The number of allylic oxidation sites excluding steroid dienone is 1. The van der Waals surface area contributed by atoms with Crippen LogP contribution in [0.4, 0.5) is 0 Å². The minimum atomic E-state index is -0.344. The number of nitrogens with zero attached hydrogens (tertiary/aromatic N) is 1. The third kappa shape index (κ3) is 3.24. The molecule has 3 heteroatoms. The molecule has 19 heavy (non-hydrogen) atoms. The Morgan fingerprint density at radius 1 is 1.26 bits per heavy atom. The maximum atomic E-state index is 12.4. The smallest absolute Gasteiger partial charge is 0.278 e. The number of rotatable bonds is 3. The van der Waals surface area contributed by atoms with Crippen molar-refractivity contribution in [3.63, 3.8) is 0 Å². The molecular weight excluding hydrogens is 238 g/mol. The first-order valence-corrected chi connectivity index (χ1v) is 6.52. The van der Waals surface area contributed by atoms with Gasteiger partial charge in [-0.2, -0.15) is 0 Å².